The van der Waals surface area contributed by atoms with Crippen LogP contribution in [0.5, 0.6) is 0 Å². The lowest BCUT2D eigenvalue weighted by Crippen LogP contribution is -2.51. The summed E-state index contributed by atoms with van der Waals surface area (Å²) in [6, 6.07) is 20.6. The van der Waals surface area contributed by atoms with Gasteiger partial charge in [-0.25, -0.2) is 0 Å². The number of carbonyl (C=O) groups is 1. The molecule has 32 heavy (non-hydrogen) atoms. The summed E-state index contributed by atoms with van der Waals surface area (Å²) in [6.45, 7) is 3.84. The molecule has 0 spiro atoms. The van der Waals surface area contributed by atoms with E-state index in [1.807, 2.05) is 47.5 Å². The number of nitrogens with zero attached hydrogens (tertiary/aromatic N) is 2. The van der Waals surface area contributed by atoms with Crippen LogP contribution in [0, 0.1) is 5.92 Å². The predicted octanol–water partition coefficient (Wildman–Crippen LogP) is 4.00. The molecule has 2 fully saturated rings. The second-order valence-corrected chi connectivity index (χ2v) is 8.99. The predicted molar refractivity (Wildman–Crippen MR) is 125 cm³/mol. The van der Waals surface area contributed by atoms with Crippen molar-refractivity contribution in [1.29, 1.82) is 0 Å². The third kappa shape index (κ3) is 4.27. The fourth-order valence-corrected chi connectivity index (χ4v) is 5.16. The maximum atomic E-state index is 14.0. The third-order valence-electron chi connectivity index (χ3n) is 6.88. The number of carbonyl (C=O) groups excluding carboxylic acids is 1. The number of ether oxygens (including phenoxy) is 2. The highest BCUT2D eigenvalue weighted by atomic mass is 16.5. The maximum absolute atomic E-state index is 14.0. The van der Waals surface area contributed by atoms with Gasteiger partial charge in [0.05, 0.1) is 24.1 Å². The Bertz CT molecular complexity index is 1060. The van der Waals surface area contributed by atoms with Gasteiger partial charge in [0.1, 0.15) is 0 Å². The summed E-state index contributed by atoms with van der Waals surface area (Å²) in [5.74, 6) is 0.469. The highest BCUT2D eigenvalue weighted by Crippen LogP contribution is 2.37. The Morgan fingerprint density at radius 3 is 2.62 bits per heavy atom. The van der Waals surface area contributed by atoms with Crippen molar-refractivity contribution < 1.29 is 14.3 Å². The van der Waals surface area contributed by atoms with Crippen LogP contribution in [-0.2, 0) is 26.1 Å². The lowest BCUT2D eigenvalue weighted by Gasteiger charge is -2.40. The summed E-state index contributed by atoms with van der Waals surface area (Å²) in [6.07, 6.45) is 4.27. The lowest BCUT2D eigenvalue weighted by atomic mass is 9.73. The fraction of sp³-hybridized carbons (Fsp3) is 0.407. The summed E-state index contributed by atoms with van der Waals surface area (Å²) in [4.78, 5) is 20.7. The van der Waals surface area contributed by atoms with Crippen LogP contribution in [0.3, 0.4) is 0 Å². The number of hydrogen-bond donors (Lipinski definition) is 0. The average molecular weight is 431 g/mol. The number of fused-ring (bicyclic) bond motifs is 1. The van der Waals surface area contributed by atoms with E-state index >= 15 is 0 Å². The quantitative estimate of drug-likeness (QED) is 0.628. The van der Waals surface area contributed by atoms with Crippen LogP contribution in [0.15, 0.2) is 66.9 Å². The zero-order valence-corrected chi connectivity index (χ0v) is 18.4. The monoisotopic (exact) mass is 430 g/mol. The van der Waals surface area contributed by atoms with Gasteiger partial charge in [0.15, 0.2) is 0 Å². The molecular weight excluding hydrogens is 400 g/mol. The summed E-state index contributed by atoms with van der Waals surface area (Å²) >= 11 is 0. The molecular formula is C27H30N2O3. The first kappa shape index (κ1) is 21.1. The second kappa shape index (κ2) is 9.39. The Morgan fingerprint density at radius 2 is 1.78 bits per heavy atom. The van der Waals surface area contributed by atoms with Crippen molar-refractivity contribution in [2.75, 3.05) is 39.5 Å². The van der Waals surface area contributed by atoms with Crippen LogP contribution in [-0.4, -0.2) is 55.3 Å². The van der Waals surface area contributed by atoms with E-state index < -0.39 is 5.41 Å². The van der Waals surface area contributed by atoms with Gasteiger partial charge in [-0.2, -0.15) is 0 Å². The number of rotatable bonds is 4. The normalized spacial score (nSPS) is 21.2. The molecule has 0 bridgehead atoms. The zero-order valence-electron chi connectivity index (χ0n) is 18.4. The van der Waals surface area contributed by atoms with E-state index in [1.54, 1.807) is 0 Å². The molecule has 3 heterocycles. The van der Waals surface area contributed by atoms with Gasteiger partial charge < -0.3 is 14.4 Å². The number of amides is 1. The molecule has 5 rings (SSSR count). The van der Waals surface area contributed by atoms with Crippen molar-refractivity contribution in [3.8, 4) is 0 Å². The zero-order chi connectivity index (χ0) is 21.8. The SMILES string of the molecule is O=C(N1CCOCC(Cc2cnc3ccccc3c2)C1)C1(c2ccccc2)CCOCC1. The molecule has 0 N–H and O–H groups in total. The van der Waals surface area contributed by atoms with Crippen molar-refractivity contribution in [2.24, 2.45) is 5.92 Å². The van der Waals surface area contributed by atoms with E-state index in [2.05, 4.69) is 29.2 Å². The van der Waals surface area contributed by atoms with Crippen LogP contribution >= 0.6 is 0 Å². The van der Waals surface area contributed by atoms with Gasteiger partial charge in [0.2, 0.25) is 5.91 Å². The topological polar surface area (TPSA) is 51.7 Å². The van der Waals surface area contributed by atoms with Crippen LogP contribution in [0.25, 0.3) is 10.9 Å². The fourth-order valence-electron chi connectivity index (χ4n) is 5.16. The van der Waals surface area contributed by atoms with Gasteiger partial charge in [-0.1, -0.05) is 48.5 Å². The molecule has 0 saturated carbocycles. The smallest absolute Gasteiger partial charge is 0.233 e. The number of aromatic nitrogens is 1. The minimum atomic E-state index is -0.501. The molecule has 1 amide bonds. The number of hydrogen-bond acceptors (Lipinski definition) is 4. The number of benzene rings is 2. The molecule has 166 valence electrons. The molecule has 2 saturated heterocycles. The first-order valence-corrected chi connectivity index (χ1v) is 11.6. The molecule has 5 nitrogen and oxygen atoms in total. The summed E-state index contributed by atoms with van der Waals surface area (Å²) < 4.78 is 11.6. The highest BCUT2D eigenvalue weighted by molar-refractivity contribution is 5.88. The Kier molecular flexibility index (Phi) is 6.19. The molecule has 1 atom stereocenters. The van der Waals surface area contributed by atoms with E-state index in [4.69, 9.17) is 9.47 Å². The molecule has 1 unspecified atom stereocenters. The first-order valence-electron chi connectivity index (χ1n) is 11.6. The van der Waals surface area contributed by atoms with E-state index in [-0.39, 0.29) is 11.8 Å². The van der Waals surface area contributed by atoms with E-state index in [1.165, 1.54) is 5.56 Å². The minimum Gasteiger partial charge on any atom is -0.381 e. The van der Waals surface area contributed by atoms with Crippen LogP contribution in [0.1, 0.15) is 24.0 Å². The van der Waals surface area contributed by atoms with E-state index in [0.29, 0.717) is 39.5 Å². The first-order chi connectivity index (χ1) is 15.7. The highest BCUT2D eigenvalue weighted by Gasteiger charge is 2.44. The third-order valence-corrected chi connectivity index (χ3v) is 6.88. The molecule has 2 aromatic carbocycles. The average Bonchev–Trinajstić information content (AvgIpc) is 3.10. The van der Waals surface area contributed by atoms with Crippen LogP contribution in [0.4, 0.5) is 0 Å². The van der Waals surface area contributed by atoms with Gasteiger partial charge in [0, 0.05) is 43.8 Å². The lowest BCUT2D eigenvalue weighted by molar-refractivity contribution is -0.141. The minimum absolute atomic E-state index is 0.221. The van der Waals surface area contributed by atoms with Crippen LogP contribution < -0.4 is 0 Å². The van der Waals surface area contributed by atoms with Crippen molar-refractivity contribution in [3.05, 3.63) is 78.0 Å². The maximum Gasteiger partial charge on any atom is 0.233 e. The molecule has 3 aromatic rings. The largest absolute Gasteiger partial charge is 0.381 e. The van der Waals surface area contributed by atoms with E-state index in [9.17, 15) is 4.79 Å². The van der Waals surface area contributed by atoms with E-state index in [0.717, 1.165) is 35.7 Å². The van der Waals surface area contributed by atoms with Crippen molar-refractivity contribution in [1.82, 2.24) is 9.88 Å². The van der Waals surface area contributed by atoms with Crippen molar-refractivity contribution >= 4 is 16.8 Å². The molecule has 2 aliphatic rings. The number of para-hydroxylation sites is 1. The van der Waals surface area contributed by atoms with Crippen molar-refractivity contribution in [2.45, 2.75) is 24.7 Å². The number of pyridine rings is 1. The summed E-state index contributed by atoms with van der Waals surface area (Å²) in [7, 11) is 0. The Morgan fingerprint density at radius 1 is 1.00 bits per heavy atom. The molecule has 5 heteroatoms. The summed E-state index contributed by atoms with van der Waals surface area (Å²) in [5.41, 5.74) is 2.80. The van der Waals surface area contributed by atoms with Gasteiger partial charge in [0.25, 0.3) is 0 Å². The van der Waals surface area contributed by atoms with Gasteiger partial charge >= 0.3 is 0 Å². The Balaban J connectivity index is 1.37. The molecule has 0 aliphatic carbocycles. The van der Waals surface area contributed by atoms with Crippen LogP contribution in [0.2, 0.25) is 0 Å². The van der Waals surface area contributed by atoms with Gasteiger partial charge in [-0.3, -0.25) is 9.78 Å². The molecule has 0 radical (unpaired) electrons. The Labute approximate surface area is 189 Å². The van der Waals surface area contributed by atoms with Crippen molar-refractivity contribution in [3.63, 3.8) is 0 Å². The Hall–Kier alpha value is -2.76. The summed E-state index contributed by atoms with van der Waals surface area (Å²) in [5, 5.41) is 1.15. The van der Waals surface area contributed by atoms with Gasteiger partial charge in [-0.15, -0.1) is 0 Å². The molecule has 2 aliphatic heterocycles. The standard InChI is InChI=1S/C27H30N2O3/c30-26(27(10-13-31-14-11-27)24-7-2-1-3-8-24)29-12-15-32-20-22(19-29)16-21-17-23-6-4-5-9-25(23)28-18-21/h1-9,17-18,22H,10-16,19-20H2. The van der Waals surface area contributed by atoms with Gasteiger partial charge in [-0.05, 0) is 42.5 Å². The second-order valence-electron chi connectivity index (χ2n) is 8.99. The molecule has 1 aromatic heterocycles.